The van der Waals surface area contributed by atoms with Crippen molar-refractivity contribution in [3.63, 3.8) is 0 Å². The Hall–Kier alpha value is -0.00805. The maximum Gasteiger partial charge on any atom is 1.00 e. The molecule has 1 aromatic rings. The molecule has 0 N–H and O–H groups in total. The van der Waals surface area contributed by atoms with Crippen LogP contribution in [0.2, 0.25) is 0 Å². The van der Waals surface area contributed by atoms with Crippen molar-refractivity contribution in [3.05, 3.63) is 10.1 Å². The number of hydrogen-bond donors (Lipinski definition) is 0. The molecule has 9 nitrogen and oxygen atoms in total. The minimum Gasteiger partial charge on any atom is -0.515 e. The molecule has 0 atom stereocenters. The smallest absolute Gasteiger partial charge is 0.515 e. The Kier molecular flexibility index (Phi) is 4.88. The summed E-state index contributed by atoms with van der Waals surface area (Å²) in [6, 6.07) is 0. The van der Waals surface area contributed by atoms with E-state index in [0.717, 1.165) is 0 Å². The molecular weight excluding hydrogens is 291 g/mol. The summed E-state index contributed by atoms with van der Waals surface area (Å²) < 4.78 is -0.0417. The van der Waals surface area contributed by atoms with E-state index in [1.807, 2.05) is 0 Å². The summed E-state index contributed by atoms with van der Waals surface area (Å²) in [5, 5.41) is 28.3. The second-order valence-corrected chi connectivity index (χ2v) is 1.41. The van der Waals surface area contributed by atoms with E-state index in [1.54, 1.807) is 0 Å². The summed E-state index contributed by atoms with van der Waals surface area (Å²) in [6.07, 6.45) is -1.85. The van der Waals surface area contributed by atoms with E-state index in [2.05, 4.69) is 15.5 Å². The second-order valence-electron chi connectivity index (χ2n) is 1.41. The molecule has 0 aromatic carbocycles. The van der Waals surface area contributed by atoms with E-state index >= 15 is 0 Å². The average Bonchev–Trinajstić information content (AvgIpc) is 2.32. The predicted octanol–water partition coefficient (Wildman–Crippen LogP) is -5.22. The van der Waals surface area contributed by atoms with Crippen LogP contribution < -0.4 is 74.0 Å². The Labute approximate surface area is 124 Å². The fourth-order valence-corrected chi connectivity index (χ4v) is 0.414. The van der Waals surface area contributed by atoms with Gasteiger partial charge < -0.3 is 20.0 Å². The van der Waals surface area contributed by atoms with Crippen LogP contribution in [-0.2, 0) is 0 Å². The van der Waals surface area contributed by atoms with Crippen LogP contribution in [0, 0.1) is 10.1 Å². The number of tetrazole rings is 1. The molecule has 1 aromatic heterocycles. The molecular formula is C2CsN5O4. The molecule has 0 amide bonds. The van der Waals surface area contributed by atoms with E-state index in [0.29, 0.717) is 0 Å². The Bertz CT molecular complexity index is 280. The van der Waals surface area contributed by atoms with Crippen LogP contribution in [0.25, 0.3) is 0 Å². The Balaban J connectivity index is 0.00000121. The van der Waals surface area contributed by atoms with E-state index in [4.69, 9.17) is 0 Å². The van der Waals surface area contributed by atoms with Gasteiger partial charge in [-0.15, -0.1) is 0 Å². The number of nitrogens with zero attached hydrogens (tertiary/aromatic N) is 5. The first kappa shape index (κ1) is 12.0. The molecule has 0 aliphatic heterocycles. The van der Waals surface area contributed by atoms with E-state index < -0.39 is 17.0 Å². The largest absolute Gasteiger partial charge is 1.00 e. The van der Waals surface area contributed by atoms with Crippen LogP contribution in [0.1, 0.15) is 0 Å². The van der Waals surface area contributed by atoms with E-state index in [1.165, 1.54) is 0 Å². The maximum atomic E-state index is 9.99. The number of carbonyl (C=O) groups excluding carboxylic acids is 1. The zero-order valence-electron chi connectivity index (χ0n) is 5.87. The van der Waals surface area contributed by atoms with Gasteiger partial charge in [0.25, 0.3) is 0 Å². The fraction of sp³-hybridized carbons (Fsp3) is 0. The molecule has 58 valence electrons. The summed E-state index contributed by atoms with van der Waals surface area (Å²) in [5.74, 6) is -0.981. The SMILES string of the molecule is O=C([O-])n1nnnc1[N+](=O)[O-].[Cs+]. The summed E-state index contributed by atoms with van der Waals surface area (Å²) in [7, 11) is 0. The van der Waals surface area contributed by atoms with Crippen molar-refractivity contribution < 1.29 is 83.7 Å². The number of carbonyl (C=O) groups is 1. The van der Waals surface area contributed by atoms with Crippen molar-refractivity contribution in [2.24, 2.45) is 0 Å². The number of rotatable bonds is 1. The van der Waals surface area contributed by atoms with Gasteiger partial charge in [0.1, 0.15) is 0 Å². The normalized spacial score (nSPS) is 8.67. The Morgan fingerprint density at radius 3 is 2.50 bits per heavy atom. The Morgan fingerprint density at radius 2 is 2.17 bits per heavy atom. The van der Waals surface area contributed by atoms with Crippen molar-refractivity contribution in [3.8, 4) is 0 Å². The zero-order chi connectivity index (χ0) is 8.43. The van der Waals surface area contributed by atoms with Gasteiger partial charge in [-0.25, -0.2) is 0 Å². The Morgan fingerprint density at radius 1 is 1.58 bits per heavy atom. The molecule has 0 saturated carbocycles. The van der Waals surface area contributed by atoms with Gasteiger partial charge in [-0.1, -0.05) is 4.68 Å². The minimum atomic E-state index is -1.85. The zero-order valence-corrected chi connectivity index (χ0v) is 12.1. The third-order valence-electron chi connectivity index (χ3n) is 0.789. The van der Waals surface area contributed by atoms with Gasteiger partial charge >= 0.3 is 74.8 Å². The van der Waals surface area contributed by atoms with Gasteiger partial charge in [-0.05, 0) is 4.92 Å². The first-order valence-corrected chi connectivity index (χ1v) is 2.27. The molecule has 12 heavy (non-hydrogen) atoms. The molecule has 0 unspecified atom stereocenters. The van der Waals surface area contributed by atoms with Crippen LogP contribution in [0.3, 0.4) is 0 Å². The molecule has 1 rings (SSSR count). The fourth-order valence-electron chi connectivity index (χ4n) is 0.414. The van der Waals surface area contributed by atoms with Crippen molar-refractivity contribution in [1.29, 1.82) is 0 Å². The first-order valence-electron chi connectivity index (χ1n) is 2.27. The van der Waals surface area contributed by atoms with Gasteiger partial charge in [0.2, 0.25) is 6.09 Å². The van der Waals surface area contributed by atoms with Gasteiger partial charge in [0.05, 0.1) is 10.3 Å². The summed E-state index contributed by atoms with van der Waals surface area (Å²) in [6.45, 7) is 0. The van der Waals surface area contributed by atoms with Crippen LogP contribution >= 0.6 is 0 Å². The van der Waals surface area contributed by atoms with Crippen LogP contribution in [-0.4, -0.2) is 31.2 Å². The van der Waals surface area contributed by atoms with Gasteiger partial charge in [-0.3, -0.25) is 0 Å². The standard InChI is InChI=1S/C2HN5O4.Cs/c8-2(9)6-1(7(10)11)3-4-5-6;/h(H,8,9);/q;+1/p-1. The molecule has 10 heteroatoms. The minimum absolute atomic E-state index is 0. The molecule has 0 radical (unpaired) electrons. The molecule has 0 fully saturated rings. The van der Waals surface area contributed by atoms with Crippen LogP contribution in [0.4, 0.5) is 10.7 Å². The topological polar surface area (TPSA) is 127 Å². The summed E-state index contributed by atoms with van der Waals surface area (Å²) in [5.41, 5.74) is 0. The van der Waals surface area contributed by atoms with Crippen molar-refractivity contribution >= 4 is 12.0 Å². The van der Waals surface area contributed by atoms with Crippen LogP contribution in [0.15, 0.2) is 0 Å². The molecule has 0 spiro atoms. The predicted molar refractivity (Wildman–Crippen MR) is 25.3 cm³/mol. The first-order chi connectivity index (χ1) is 5.13. The number of nitro groups is 1. The summed E-state index contributed by atoms with van der Waals surface area (Å²) in [4.78, 5) is 18.9. The van der Waals surface area contributed by atoms with Gasteiger partial charge in [-0.2, -0.15) is 0 Å². The van der Waals surface area contributed by atoms with Gasteiger partial charge in [0.15, 0.2) is 0 Å². The number of carboxylic acid groups (broad SMARTS) is 1. The third kappa shape index (κ3) is 2.50. The molecule has 0 bridgehead atoms. The molecule has 1 heterocycles. The second kappa shape index (κ2) is 4.88. The summed E-state index contributed by atoms with van der Waals surface area (Å²) >= 11 is 0. The third-order valence-corrected chi connectivity index (χ3v) is 0.789. The van der Waals surface area contributed by atoms with Crippen LogP contribution in [0.5, 0.6) is 0 Å². The van der Waals surface area contributed by atoms with Gasteiger partial charge in [0, 0.05) is 5.21 Å². The molecule has 0 aliphatic rings. The number of hydrogen-bond acceptors (Lipinski definition) is 7. The monoisotopic (exact) mass is 291 g/mol. The molecule has 0 saturated heterocycles. The van der Waals surface area contributed by atoms with Crippen molar-refractivity contribution in [2.45, 2.75) is 0 Å². The molecule has 0 aliphatic carbocycles. The number of aromatic nitrogens is 4. The maximum absolute atomic E-state index is 9.99. The van der Waals surface area contributed by atoms with E-state index in [-0.39, 0.29) is 73.6 Å². The van der Waals surface area contributed by atoms with E-state index in [9.17, 15) is 20.0 Å². The quantitative estimate of drug-likeness (QED) is 0.287. The van der Waals surface area contributed by atoms with Crippen molar-refractivity contribution in [2.75, 3.05) is 0 Å². The average molecular weight is 291 g/mol. The van der Waals surface area contributed by atoms with Crippen molar-refractivity contribution in [1.82, 2.24) is 20.2 Å².